The fraction of sp³-hybridized carbons (Fsp3) is 0.556. The van der Waals surface area contributed by atoms with E-state index >= 15 is 0 Å². The number of carbonyl (C=O) groups is 2. The largest absolute Gasteiger partial charge is 0.397 e. The Hall–Kier alpha value is -1.71. The second-order valence-electron chi connectivity index (χ2n) is 8.15. The molecule has 2 unspecified atom stereocenters. The molecule has 1 saturated heterocycles. The van der Waals surface area contributed by atoms with Crippen LogP contribution >= 0.6 is 11.8 Å². The molecule has 1 heterocycles. The molecule has 0 radical (unpaired) electrons. The number of benzene rings is 1. The zero-order valence-electron chi connectivity index (χ0n) is 16.5. The van der Waals surface area contributed by atoms with Crippen LogP contribution in [0.15, 0.2) is 24.3 Å². The number of likely N-dealkylation sites (tertiary alicyclic amines) is 1. The van der Waals surface area contributed by atoms with Crippen LogP contribution in [-0.4, -0.2) is 40.8 Å². The van der Waals surface area contributed by atoms with E-state index in [1.807, 2.05) is 6.92 Å². The number of β-lactam (4-membered cyclic amide) rings is 1. The van der Waals surface area contributed by atoms with Gasteiger partial charge in [0.2, 0.25) is 11.0 Å². The van der Waals surface area contributed by atoms with Gasteiger partial charge in [-0.2, -0.15) is 0 Å². The summed E-state index contributed by atoms with van der Waals surface area (Å²) < 4.78 is 6.27. The molecule has 1 fully saturated rings. The Morgan fingerprint density at radius 1 is 1.41 bits per heavy atom. The molecule has 1 aromatic rings. The first-order valence-electron chi connectivity index (χ1n) is 8.78. The number of carbonyl (C=O) groups excluding carboxylic acids is 2. The van der Waals surface area contributed by atoms with Gasteiger partial charge in [-0.3, -0.25) is 19.7 Å². The smallest absolute Gasteiger partial charge is 0.270 e. The van der Waals surface area contributed by atoms with Crippen molar-refractivity contribution in [1.29, 1.82) is 0 Å². The van der Waals surface area contributed by atoms with E-state index in [-0.39, 0.29) is 39.1 Å². The van der Waals surface area contributed by atoms with E-state index in [0.717, 1.165) is 11.8 Å². The van der Waals surface area contributed by atoms with Gasteiger partial charge in [-0.1, -0.05) is 38.6 Å². The van der Waals surface area contributed by atoms with Crippen molar-refractivity contribution in [3.63, 3.8) is 0 Å². The minimum absolute atomic E-state index is 0.0105. The number of hydrogen-bond acceptors (Lipinski definition) is 6. The van der Waals surface area contributed by atoms with Gasteiger partial charge in [0.1, 0.15) is 6.23 Å². The van der Waals surface area contributed by atoms with Crippen molar-refractivity contribution in [1.82, 2.24) is 4.90 Å². The molecular formula is C18H26N2O5SSi. The van der Waals surface area contributed by atoms with Gasteiger partial charge in [-0.15, -0.1) is 0 Å². The Morgan fingerprint density at radius 3 is 2.56 bits per heavy atom. The fourth-order valence-corrected chi connectivity index (χ4v) is 4.99. The molecule has 1 amide bonds. The molecule has 0 aliphatic carbocycles. The van der Waals surface area contributed by atoms with Crippen LogP contribution in [-0.2, 0) is 9.22 Å². The molecule has 0 N–H and O–H groups in total. The molecule has 9 heteroatoms. The van der Waals surface area contributed by atoms with Crippen molar-refractivity contribution in [2.45, 2.75) is 63.8 Å². The van der Waals surface area contributed by atoms with Crippen LogP contribution in [0.25, 0.3) is 0 Å². The number of rotatable bonds is 6. The van der Waals surface area contributed by atoms with Crippen LogP contribution in [0.3, 0.4) is 0 Å². The quantitative estimate of drug-likeness (QED) is 0.299. The average Bonchev–Trinajstić information content (AvgIpc) is 2.52. The zero-order chi connectivity index (χ0) is 20.6. The minimum atomic E-state index is -2.06. The molecule has 7 nitrogen and oxygen atoms in total. The van der Waals surface area contributed by atoms with E-state index in [4.69, 9.17) is 4.43 Å². The molecule has 148 valence electrons. The van der Waals surface area contributed by atoms with Crippen LogP contribution in [0.1, 0.15) is 44.5 Å². The monoisotopic (exact) mass is 410 g/mol. The minimum Gasteiger partial charge on any atom is -0.397 e. The van der Waals surface area contributed by atoms with Crippen molar-refractivity contribution in [2.75, 3.05) is 0 Å². The fourth-order valence-electron chi connectivity index (χ4n) is 2.53. The second-order valence-corrected chi connectivity index (χ2v) is 14.1. The van der Waals surface area contributed by atoms with Crippen LogP contribution in [0, 0.1) is 10.1 Å². The molecule has 2 atom stereocenters. The van der Waals surface area contributed by atoms with Crippen molar-refractivity contribution < 1.29 is 18.9 Å². The number of amides is 1. The first kappa shape index (κ1) is 21.6. The highest BCUT2D eigenvalue weighted by atomic mass is 32.2. The number of nitro groups is 1. The molecule has 1 aromatic carbocycles. The molecule has 27 heavy (non-hydrogen) atoms. The standard InChI is InChI=1S/C18H26N2O5SSi/c1-12(25-27(5,6)18(2,3)4)19-15(21)11-16(19)26-17(22)13-8-7-9-14(10-13)20(23)24/h7-10,12,16H,11H2,1-6H3. The zero-order valence-corrected chi connectivity index (χ0v) is 18.3. The van der Waals surface area contributed by atoms with E-state index in [1.165, 1.54) is 18.2 Å². The number of thioether (sulfide) groups is 1. The van der Waals surface area contributed by atoms with E-state index < -0.39 is 19.5 Å². The maximum absolute atomic E-state index is 12.5. The van der Waals surface area contributed by atoms with Crippen LogP contribution < -0.4 is 0 Å². The lowest BCUT2D eigenvalue weighted by atomic mass is 10.2. The first-order chi connectivity index (χ1) is 12.3. The van der Waals surface area contributed by atoms with Gasteiger partial charge in [-0.25, -0.2) is 0 Å². The predicted octanol–water partition coefficient (Wildman–Crippen LogP) is 4.39. The van der Waals surface area contributed by atoms with Crippen molar-refractivity contribution in [2.24, 2.45) is 0 Å². The van der Waals surface area contributed by atoms with Crippen LogP contribution in [0.4, 0.5) is 5.69 Å². The summed E-state index contributed by atoms with van der Waals surface area (Å²) in [5.74, 6) is -0.0504. The van der Waals surface area contributed by atoms with Gasteiger partial charge in [0.25, 0.3) is 5.69 Å². The van der Waals surface area contributed by atoms with Gasteiger partial charge in [0.05, 0.1) is 16.7 Å². The van der Waals surface area contributed by atoms with Crippen molar-refractivity contribution in [3.05, 3.63) is 39.9 Å². The van der Waals surface area contributed by atoms with Gasteiger partial charge >= 0.3 is 0 Å². The lowest BCUT2D eigenvalue weighted by Crippen LogP contribution is -2.59. The third-order valence-corrected chi connectivity index (χ3v) is 10.8. The summed E-state index contributed by atoms with van der Waals surface area (Å²) in [7, 11) is -2.06. The van der Waals surface area contributed by atoms with Crippen LogP contribution in [0.2, 0.25) is 18.1 Å². The number of hydrogen-bond donors (Lipinski definition) is 0. The van der Waals surface area contributed by atoms with E-state index in [0.29, 0.717) is 0 Å². The lowest BCUT2D eigenvalue weighted by molar-refractivity contribution is -0.384. The SMILES string of the molecule is CC(O[Si](C)(C)C(C)(C)C)N1C(=O)CC1SC(=O)c1cccc([N+](=O)[O-])c1. The first-order valence-corrected chi connectivity index (χ1v) is 12.6. The Kier molecular flexibility index (Phi) is 6.18. The van der Waals surface area contributed by atoms with Gasteiger partial charge < -0.3 is 9.33 Å². The molecule has 0 aromatic heterocycles. The molecule has 2 rings (SSSR count). The van der Waals surface area contributed by atoms with Gasteiger partial charge in [0, 0.05) is 17.7 Å². The maximum Gasteiger partial charge on any atom is 0.270 e. The Labute approximate surface area is 164 Å². The van der Waals surface area contributed by atoms with E-state index in [2.05, 4.69) is 33.9 Å². The molecular weight excluding hydrogens is 384 g/mol. The molecule has 0 saturated carbocycles. The third-order valence-electron chi connectivity index (χ3n) is 5.15. The summed E-state index contributed by atoms with van der Waals surface area (Å²) >= 11 is 1.01. The summed E-state index contributed by atoms with van der Waals surface area (Å²) in [5, 5.41) is 10.3. The molecule has 0 bridgehead atoms. The molecule has 1 aliphatic heterocycles. The Bertz CT molecular complexity index is 762. The second kappa shape index (κ2) is 7.73. The third kappa shape index (κ3) is 4.77. The summed E-state index contributed by atoms with van der Waals surface area (Å²) in [6.45, 7) is 12.4. The van der Waals surface area contributed by atoms with E-state index in [9.17, 15) is 19.7 Å². The summed E-state index contributed by atoms with van der Waals surface area (Å²) in [6, 6.07) is 5.63. The summed E-state index contributed by atoms with van der Waals surface area (Å²) in [4.78, 5) is 36.6. The summed E-state index contributed by atoms with van der Waals surface area (Å²) in [6.07, 6.45) is -0.154. The topological polar surface area (TPSA) is 89.8 Å². The average molecular weight is 411 g/mol. The highest BCUT2D eigenvalue weighted by Crippen LogP contribution is 2.40. The maximum atomic E-state index is 12.5. The molecule has 0 spiro atoms. The predicted molar refractivity (Wildman–Crippen MR) is 108 cm³/mol. The number of nitrogens with zero attached hydrogens (tertiary/aromatic N) is 2. The van der Waals surface area contributed by atoms with Gasteiger partial charge in [-0.05, 0) is 31.1 Å². The van der Waals surface area contributed by atoms with Crippen molar-refractivity contribution in [3.8, 4) is 0 Å². The lowest BCUT2D eigenvalue weighted by Gasteiger charge is -2.47. The molecule has 1 aliphatic rings. The Morgan fingerprint density at radius 2 is 2.04 bits per heavy atom. The highest BCUT2D eigenvalue weighted by molar-refractivity contribution is 8.14. The van der Waals surface area contributed by atoms with Crippen LogP contribution in [0.5, 0.6) is 0 Å². The highest BCUT2D eigenvalue weighted by Gasteiger charge is 2.45. The number of non-ortho nitro benzene ring substituents is 1. The van der Waals surface area contributed by atoms with Gasteiger partial charge in [0.15, 0.2) is 8.32 Å². The number of nitro benzene ring substituents is 1. The van der Waals surface area contributed by atoms with Crippen molar-refractivity contribution >= 4 is 36.8 Å². The Balaban J connectivity index is 2.07. The normalized spacial score (nSPS) is 18.8. The summed E-state index contributed by atoms with van der Waals surface area (Å²) in [5.41, 5.74) is 0.129. The van der Waals surface area contributed by atoms with E-state index in [1.54, 1.807) is 11.0 Å².